The maximum atomic E-state index is 13.3. The molecule has 3 rings (SSSR count). The van der Waals surface area contributed by atoms with E-state index in [1.54, 1.807) is 4.90 Å². The van der Waals surface area contributed by atoms with E-state index < -0.39 is 5.41 Å². The molecular formula is C18H23ClN2O2. The molecule has 1 aromatic rings. The van der Waals surface area contributed by atoms with Gasteiger partial charge in [0, 0.05) is 29.8 Å². The molecule has 0 radical (unpaired) electrons. The minimum absolute atomic E-state index is 0.142. The lowest BCUT2D eigenvalue weighted by Crippen LogP contribution is -2.50. The zero-order valence-corrected chi connectivity index (χ0v) is 14.7. The van der Waals surface area contributed by atoms with Gasteiger partial charge in [-0.2, -0.15) is 0 Å². The molecule has 0 N–H and O–H groups in total. The average Bonchev–Trinajstić information content (AvgIpc) is 2.77. The summed E-state index contributed by atoms with van der Waals surface area (Å²) in [5, 5.41) is 0.701. The molecule has 2 aliphatic rings. The number of hydrogen-bond acceptors (Lipinski definition) is 2. The Balaban J connectivity index is 2.11. The van der Waals surface area contributed by atoms with Gasteiger partial charge in [-0.25, -0.2) is 0 Å². The largest absolute Gasteiger partial charge is 0.345 e. The van der Waals surface area contributed by atoms with Crippen LogP contribution in [0.1, 0.15) is 44.2 Å². The smallest absolute Gasteiger partial charge is 0.238 e. The third kappa shape index (κ3) is 2.35. The van der Waals surface area contributed by atoms with Gasteiger partial charge in [0.1, 0.15) is 0 Å². The zero-order chi connectivity index (χ0) is 16.8. The molecule has 2 heterocycles. The molecule has 23 heavy (non-hydrogen) atoms. The average molecular weight is 335 g/mol. The van der Waals surface area contributed by atoms with Gasteiger partial charge in [0.2, 0.25) is 12.3 Å². The molecule has 2 aliphatic heterocycles. The van der Waals surface area contributed by atoms with Gasteiger partial charge in [-0.05, 0) is 50.3 Å². The quantitative estimate of drug-likeness (QED) is 0.796. The molecule has 1 fully saturated rings. The lowest BCUT2D eigenvalue weighted by atomic mass is 9.73. The number of rotatable bonds is 3. The highest BCUT2D eigenvalue weighted by molar-refractivity contribution is 6.32. The first-order valence-electron chi connectivity index (χ1n) is 8.28. The predicted octanol–water partition coefficient (Wildman–Crippen LogP) is 3.28. The lowest BCUT2D eigenvalue weighted by Gasteiger charge is -2.37. The molecule has 0 aromatic heterocycles. The highest BCUT2D eigenvalue weighted by Crippen LogP contribution is 2.50. The summed E-state index contributed by atoms with van der Waals surface area (Å²) in [4.78, 5) is 28.0. The monoisotopic (exact) mass is 334 g/mol. The van der Waals surface area contributed by atoms with Crippen LogP contribution in [0.4, 0.5) is 5.69 Å². The number of piperidine rings is 1. The second-order valence-corrected chi connectivity index (χ2v) is 7.18. The number of fused-ring (bicyclic) bond motifs is 2. The Labute approximate surface area is 142 Å². The fraction of sp³-hybridized carbons (Fsp3) is 0.556. The van der Waals surface area contributed by atoms with Gasteiger partial charge in [-0.15, -0.1) is 0 Å². The Hall–Kier alpha value is -1.55. The summed E-state index contributed by atoms with van der Waals surface area (Å²) in [6, 6.07) is 4.16. The van der Waals surface area contributed by atoms with E-state index in [1.165, 1.54) is 0 Å². The van der Waals surface area contributed by atoms with Gasteiger partial charge in [0.05, 0.1) is 5.41 Å². The van der Waals surface area contributed by atoms with Gasteiger partial charge < -0.3 is 9.80 Å². The van der Waals surface area contributed by atoms with Gasteiger partial charge in [-0.3, -0.25) is 9.59 Å². The number of likely N-dealkylation sites (tertiary alicyclic amines) is 1. The third-order valence-electron chi connectivity index (χ3n) is 5.51. The predicted molar refractivity (Wildman–Crippen MR) is 92.0 cm³/mol. The van der Waals surface area contributed by atoms with E-state index in [-0.39, 0.29) is 11.9 Å². The highest BCUT2D eigenvalue weighted by Gasteiger charge is 2.53. The Kier molecular flexibility index (Phi) is 4.13. The van der Waals surface area contributed by atoms with Crippen molar-refractivity contribution in [2.45, 2.75) is 51.5 Å². The van der Waals surface area contributed by atoms with Crippen molar-refractivity contribution in [1.82, 2.24) is 4.90 Å². The number of hydrogen-bond donors (Lipinski definition) is 0. The molecule has 1 saturated heterocycles. The topological polar surface area (TPSA) is 40.6 Å². The van der Waals surface area contributed by atoms with E-state index in [9.17, 15) is 9.59 Å². The number of aryl methyl sites for hydroxylation is 1. The zero-order valence-electron chi connectivity index (χ0n) is 13.9. The van der Waals surface area contributed by atoms with Crippen LogP contribution in [-0.2, 0) is 15.0 Å². The van der Waals surface area contributed by atoms with Gasteiger partial charge in [0.25, 0.3) is 0 Å². The van der Waals surface area contributed by atoms with Crippen LogP contribution in [0.5, 0.6) is 0 Å². The summed E-state index contributed by atoms with van der Waals surface area (Å²) in [5.74, 6) is 0.175. The number of carbonyl (C=O) groups excluding carboxylic acids is 2. The molecule has 4 nitrogen and oxygen atoms in total. The number of benzene rings is 1. The van der Waals surface area contributed by atoms with Crippen LogP contribution in [-0.4, -0.2) is 36.3 Å². The van der Waals surface area contributed by atoms with E-state index in [2.05, 4.69) is 19.9 Å². The van der Waals surface area contributed by atoms with Crippen molar-refractivity contribution in [3.8, 4) is 0 Å². The van der Waals surface area contributed by atoms with E-state index in [1.807, 2.05) is 17.9 Å². The highest BCUT2D eigenvalue weighted by atomic mass is 35.5. The van der Waals surface area contributed by atoms with Crippen molar-refractivity contribution < 1.29 is 9.59 Å². The molecule has 1 spiro atoms. The SMILES string of the molecule is CCC(C)N1C(=O)C2(CCN(C=O)CC2)c2cc(C)c(Cl)cc21. The Morgan fingerprint density at radius 1 is 1.35 bits per heavy atom. The van der Waals surface area contributed by atoms with Crippen LogP contribution in [0, 0.1) is 6.92 Å². The van der Waals surface area contributed by atoms with Crippen LogP contribution < -0.4 is 4.90 Å². The minimum Gasteiger partial charge on any atom is -0.345 e. The summed E-state index contributed by atoms with van der Waals surface area (Å²) in [5.41, 5.74) is 2.56. The minimum atomic E-state index is -0.492. The van der Waals surface area contributed by atoms with Crippen LogP contribution >= 0.6 is 11.6 Å². The van der Waals surface area contributed by atoms with Gasteiger partial charge >= 0.3 is 0 Å². The summed E-state index contributed by atoms with van der Waals surface area (Å²) >= 11 is 6.33. The maximum Gasteiger partial charge on any atom is 0.238 e. The van der Waals surface area contributed by atoms with Gasteiger partial charge in [0.15, 0.2) is 0 Å². The first-order valence-corrected chi connectivity index (χ1v) is 8.66. The van der Waals surface area contributed by atoms with E-state index in [4.69, 9.17) is 11.6 Å². The fourth-order valence-electron chi connectivity index (χ4n) is 3.82. The summed E-state index contributed by atoms with van der Waals surface area (Å²) in [6.45, 7) is 7.41. The first-order chi connectivity index (χ1) is 10.9. The molecule has 0 bridgehead atoms. The first kappa shape index (κ1) is 16.3. The second kappa shape index (κ2) is 5.82. The van der Waals surface area contributed by atoms with E-state index >= 15 is 0 Å². The van der Waals surface area contributed by atoms with Crippen molar-refractivity contribution in [2.24, 2.45) is 0 Å². The standard InChI is InChI=1S/C18H23ClN2O2/c1-4-13(3)21-16-10-15(19)12(2)9-14(16)18(17(21)23)5-7-20(11-22)8-6-18/h9-11,13H,4-8H2,1-3H3. The Morgan fingerprint density at radius 3 is 2.57 bits per heavy atom. The molecule has 1 atom stereocenters. The van der Waals surface area contributed by atoms with E-state index in [0.717, 1.165) is 29.6 Å². The molecule has 0 saturated carbocycles. The van der Waals surface area contributed by atoms with Crippen LogP contribution in [0.3, 0.4) is 0 Å². The van der Waals surface area contributed by atoms with E-state index in [0.29, 0.717) is 31.0 Å². The molecule has 0 aliphatic carbocycles. The summed E-state index contributed by atoms with van der Waals surface area (Å²) in [7, 11) is 0. The molecule has 124 valence electrons. The number of nitrogens with zero attached hydrogens (tertiary/aromatic N) is 2. The van der Waals surface area contributed by atoms with Crippen LogP contribution in [0.15, 0.2) is 12.1 Å². The third-order valence-corrected chi connectivity index (χ3v) is 5.92. The van der Waals surface area contributed by atoms with Crippen LogP contribution in [0.25, 0.3) is 0 Å². The van der Waals surface area contributed by atoms with Gasteiger partial charge in [-0.1, -0.05) is 24.6 Å². The van der Waals surface area contributed by atoms with Crippen LogP contribution in [0.2, 0.25) is 5.02 Å². The lowest BCUT2D eigenvalue weighted by molar-refractivity contribution is -0.128. The fourth-order valence-corrected chi connectivity index (χ4v) is 3.98. The molecule has 5 heteroatoms. The second-order valence-electron chi connectivity index (χ2n) is 6.77. The number of amides is 2. The Bertz CT molecular complexity index is 651. The van der Waals surface area contributed by atoms with Crippen molar-refractivity contribution >= 4 is 29.6 Å². The number of anilines is 1. The Morgan fingerprint density at radius 2 is 2.00 bits per heavy atom. The number of halogens is 1. The molecule has 1 aromatic carbocycles. The summed E-state index contributed by atoms with van der Waals surface area (Å²) in [6.07, 6.45) is 3.15. The van der Waals surface area contributed by atoms with Crippen molar-refractivity contribution in [1.29, 1.82) is 0 Å². The normalized spacial score (nSPS) is 20.8. The molecule has 2 amide bonds. The maximum absolute atomic E-state index is 13.3. The number of carbonyl (C=O) groups is 2. The summed E-state index contributed by atoms with van der Waals surface area (Å²) < 4.78 is 0. The van der Waals surface area contributed by atoms with Crippen molar-refractivity contribution in [2.75, 3.05) is 18.0 Å². The van der Waals surface area contributed by atoms with Crippen molar-refractivity contribution in [3.05, 3.63) is 28.3 Å². The van der Waals surface area contributed by atoms with Crippen molar-refractivity contribution in [3.63, 3.8) is 0 Å². The molecule has 1 unspecified atom stereocenters. The molecular weight excluding hydrogens is 312 g/mol.